The van der Waals surface area contributed by atoms with Gasteiger partial charge in [0.1, 0.15) is 0 Å². The van der Waals surface area contributed by atoms with E-state index in [0.29, 0.717) is 11.9 Å². The second-order valence-corrected chi connectivity index (χ2v) is 6.83. The highest BCUT2D eigenvalue weighted by molar-refractivity contribution is 7.06. The van der Waals surface area contributed by atoms with Crippen LogP contribution < -0.4 is 0 Å². The lowest BCUT2D eigenvalue weighted by Crippen LogP contribution is -2.39. The lowest BCUT2D eigenvalue weighted by molar-refractivity contribution is -0.133. The van der Waals surface area contributed by atoms with Crippen molar-refractivity contribution in [2.24, 2.45) is 5.92 Å². The van der Waals surface area contributed by atoms with Crippen LogP contribution in [-0.2, 0) is 10.2 Å². The summed E-state index contributed by atoms with van der Waals surface area (Å²) in [6.07, 6.45) is 0.959. The third kappa shape index (κ3) is 2.18. The second-order valence-electron chi connectivity index (χ2n) is 6.02. The zero-order chi connectivity index (χ0) is 13.5. The molecule has 4 heteroatoms. The summed E-state index contributed by atoms with van der Waals surface area (Å²) in [7, 11) is 0. The molecular formula is C14H22N2OS. The molecule has 0 bridgehead atoms. The maximum absolute atomic E-state index is 12.5. The first-order valence-corrected chi connectivity index (χ1v) is 7.35. The van der Waals surface area contributed by atoms with E-state index in [4.69, 9.17) is 0 Å². The van der Waals surface area contributed by atoms with Crippen LogP contribution in [0.4, 0.5) is 0 Å². The molecular weight excluding hydrogens is 244 g/mol. The molecule has 1 aromatic heterocycles. The van der Waals surface area contributed by atoms with E-state index in [9.17, 15) is 4.79 Å². The standard InChI is InChI=1S/C14H22N2OS/c1-9(2)16-7-6-11(13(16)17)14(4,5)12-8-10(3)15-18-12/h8-9,11H,6-7H2,1-5H3. The van der Waals surface area contributed by atoms with Crippen LogP contribution in [0.2, 0.25) is 0 Å². The zero-order valence-electron chi connectivity index (χ0n) is 11.9. The van der Waals surface area contributed by atoms with Gasteiger partial charge in [-0.15, -0.1) is 0 Å². The molecule has 0 aromatic carbocycles. The van der Waals surface area contributed by atoms with Crippen LogP contribution in [0.25, 0.3) is 0 Å². The van der Waals surface area contributed by atoms with Crippen molar-refractivity contribution in [2.75, 3.05) is 6.54 Å². The molecule has 1 aliphatic rings. The number of likely N-dealkylation sites (tertiary alicyclic amines) is 1. The third-order valence-corrected chi connectivity index (χ3v) is 5.22. The van der Waals surface area contributed by atoms with E-state index in [-0.39, 0.29) is 11.3 Å². The van der Waals surface area contributed by atoms with Gasteiger partial charge in [-0.3, -0.25) is 4.79 Å². The molecule has 18 heavy (non-hydrogen) atoms. The summed E-state index contributed by atoms with van der Waals surface area (Å²) in [5.41, 5.74) is 0.946. The van der Waals surface area contributed by atoms with Gasteiger partial charge in [-0.2, -0.15) is 4.37 Å². The van der Waals surface area contributed by atoms with Gasteiger partial charge >= 0.3 is 0 Å². The maximum Gasteiger partial charge on any atom is 0.226 e. The fraction of sp³-hybridized carbons (Fsp3) is 0.714. The van der Waals surface area contributed by atoms with Crippen molar-refractivity contribution < 1.29 is 4.79 Å². The summed E-state index contributed by atoms with van der Waals surface area (Å²) in [4.78, 5) is 15.7. The Bertz CT molecular complexity index is 450. The van der Waals surface area contributed by atoms with Crippen molar-refractivity contribution in [1.29, 1.82) is 0 Å². The minimum absolute atomic E-state index is 0.0970. The van der Waals surface area contributed by atoms with Crippen molar-refractivity contribution in [3.63, 3.8) is 0 Å². The van der Waals surface area contributed by atoms with Gasteiger partial charge in [-0.1, -0.05) is 13.8 Å². The average Bonchev–Trinajstić information content (AvgIpc) is 2.84. The number of hydrogen-bond acceptors (Lipinski definition) is 3. The normalized spacial score (nSPS) is 21.1. The van der Waals surface area contributed by atoms with Crippen molar-refractivity contribution in [1.82, 2.24) is 9.27 Å². The molecule has 0 saturated carbocycles. The predicted molar refractivity (Wildman–Crippen MR) is 74.8 cm³/mol. The van der Waals surface area contributed by atoms with Gasteiger partial charge in [0.2, 0.25) is 5.91 Å². The highest BCUT2D eigenvalue weighted by Gasteiger charge is 2.44. The van der Waals surface area contributed by atoms with Crippen LogP contribution in [0.15, 0.2) is 6.07 Å². The lowest BCUT2D eigenvalue weighted by atomic mass is 9.76. The molecule has 1 amide bonds. The Balaban J connectivity index is 2.24. The van der Waals surface area contributed by atoms with E-state index >= 15 is 0 Å². The van der Waals surface area contributed by atoms with E-state index in [1.165, 1.54) is 16.4 Å². The van der Waals surface area contributed by atoms with Gasteiger partial charge in [-0.25, -0.2) is 0 Å². The van der Waals surface area contributed by atoms with Crippen LogP contribution >= 0.6 is 11.5 Å². The minimum atomic E-state index is -0.105. The molecule has 0 N–H and O–H groups in total. The molecule has 1 saturated heterocycles. The van der Waals surface area contributed by atoms with Gasteiger partial charge in [0.15, 0.2) is 0 Å². The number of carbonyl (C=O) groups is 1. The van der Waals surface area contributed by atoms with Crippen molar-refractivity contribution in [2.45, 2.75) is 52.5 Å². The number of nitrogens with zero attached hydrogens (tertiary/aromatic N) is 2. The zero-order valence-corrected chi connectivity index (χ0v) is 12.7. The fourth-order valence-electron chi connectivity index (χ4n) is 2.72. The molecule has 3 nitrogen and oxygen atoms in total. The van der Waals surface area contributed by atoms with Gasteiger partial charge in [0.05, 0.1) is 5.69 Å². The summed E-state index contributed by atoms with van der Waals surface area (Å²) in [5, 5.41) is 0. The summed E-state index contributed by atoms with van der Waals surface area (Å²) >= 11 is 1.53. The Morgan fingerprint density at radius 3 is 2.61 bits per heavy atom. The topological polar surface area (TPSA) is 33.2 Å². The molecule has 2 heterocycles. The lowest BCUT2D eigenvalue weighted by Gasteiger charge is -2.30. The smallest absolute Gasteiger partial charge is 0.226 e. The largest absolute Gasteiger partial charge is 0.340 e. The first-order valence-electron chi connectivity index (χ1n) is 6.58. The summed E-state index contributed by atoms with van der Waals surface area (Å²) in [6.45, 7) is 11.4. The molecule has 1 aromatic rings. The number of carbonyl (C=O) groups excluding carboxylic acids is 1. The van der Waals surface area contributed by atoms with Crippen molar-refractivity contribution in [3.8, 4) is 0 Å². The number of rotatable bonds is 3. The SMILES string of the molecule is Cc1cc(C(C)(C)C2CCN(C(C)C)C2=O)sn1. The van der Waals surface area contributed by atoms with E-state index in [1.54, 1.807) is 0 Å². The summed E-state index contributed by atoms with van der Waals surface area (Å²) < 4.78 is 4.35. The molecule has 1 aliphatic heterocycles. The number of amides is 1. The van der Waals surface area contributed by atoms with Crippen LogP contribution in [0, 0.1) is 12.8 Å². The van der Waals surface area contributed by atoms with E-state index in [0.717, 1.165) is 18.7 Å². The van der Waals surface area contributed by atoms with Gasteiger partial charge in [0.25, 0.3) is 0 Å². The fourth-order valence-corrected chi connectivity index (χ4v) is 3.62. The van der Waals surface area contributed by atoms with E-state index < -0.39 is 0 Å². The number of aryl methyl sites for hydroxylation is 1. The Morgan fingerprint density at radius 2 is 2.17 bits per heavy atom. The van der Waals surface area contributed by atoms with Crippen LogP contribution in [-0.4, -0.2) is 27.8 Å². The Morgan fingerprint density at radius 1 is 1.50 bits per heavy atom. The Labute approximate surface area is 113 Å². The minimum Gasteiger partial charge on any atom is -0.340 e. The van der Waals surface area contributed by atoms with Gasteiger partial charge in [0, 0.05) is 28.8 Å². The van der Waals surface area contributed by atoms with Crippen molar-refractivity contribution >= 4 is 17.4 Å². The van der Waals surface area contributed by atoms with Gasteiger partial charge in [-0.05, 0) is 44.8 Å². The van der Waals surface area contributed by atoms with E-state index in [1.807, 2.05) is 11.8 Å². The first kappa shape index (κ1) is 13.5. The van der Waals surface area contributed by atoms with E-state index in [2.05, 4.69) is 38.1 Å². The number of aromatic nitrogens is 1. The quantitative estimate of drug-likeness (QED) is 0.842. The molecule has 1 atom stereocenters. The molecule has 1 fully saturated rings. The highest BCUT2D eigenvalue weighted by atomic mass is 32.1. The molecule has 1 unspecified atom stereocenters. The molecule has 0 spiro atoms. The first-order chi connectivity index (χ1) is 8.34. The monoisotopic (exact) mass is 266 g/mol. The van der Waals surface area contributed by atoms with Gasteiger partial charge < -0.3 is 4.90 Å². The second kappa shape index (κ2) is 4.65. The van der Waals surface area contributed by atoms with Crippen LogP contribution in [0.3, 0.4) is 0 Å². The Kier molecular flexibility index (Phi) is 3.49. The summed E-state index contributed by atoms with van der Waals surface area (Å²) in [5.74, 6) is 0.404. The third-order valence-electron chi connectivity index (χ3n) is 4.00. The maximum atomic E-state index is 12.5. The van der Waals surface area contributed by atoms with Crippen LogP contribution in [0.1, 0.15) is 44.7 Å². The summed E-state index contributed by atoms with van der Waals surface area (Å²) in [6, 6.07) is 2.43. The average molecular weight is 266 g/mol. The van der Waals surface area contributed by atoms with Crippen molar-refractivity contribution in [3.05, 3.63) is 16.6 Å². The number of hydrogen-bond donors (Lipinski definition) is 0. The Hall–Kier alpha value is -0.900. The predicted octanol–water partition coefficient (Wildman–Crippen LogP) is 2.99. The molecule has 2 rings (SSSR count). The highest BCUT2D eigenvalue weighted by Crippen LogP contribution is 2.40. The molecule has 0 radical (unpaired) electrons. The molecule has 0 aliphatic carbocycles. The molecule has 100 valence electrons. The van der Waals surface area contributed by atoms with Crippen LogP contribution in [0.5, 0.6) is 0 Å².